The minimum Gasteiger partial charge on any atom is -0.401 e. The van der Waals surface area contributed by atoms with E-state index in [9.17, 15) is 0 Å². The van der Waals surface area contributed by atoms with E-state index in [1.54, 1.807) is 14.2 Å². The topological polar surface area (TPSA) is 18.5 Å². The van der Waals surface area contributed by atoms with Crippen molar-refractivity contribution in [2.45, 2.75) is 18.9 Å². The zero-order valence-corrected chi connectivity index (χ0v) is 11.5. The maximum absolute atomic E-state index is 5.39. The SMILES string of the molecule is CO[Si]([SiH3])(CCCCS)OC. The van der Waals surface area contributed by atoms with Gasteiger partial charge in [0.25, 0.3) is 0 Å². The van der Waals surface area contributed by atoms with Gasteiger partial charge >= 0.3 is 8.08 Å². The lowest BCUT2D eigenvalue weighted by atomic mass is 10.4. The summed E-state index contributed by atoms with van der Waals surface area (Å²) in [5.74, 6) is 0.972. The van der Waals surface area contributed by atoms with Gasteiger partial charge in [0.15, 0.2) is 0 Å². The Hall–Kier alpha value is 0.704. The fourth-order valence-corrected chi connectivity index (χ4v) is 3.60. The van der Waals surface area contributed by atoms with Gasteiger partial charge in [-0.2, -0.15) is 12.6 Å². The van der Waals surface area contributed by atoms with Crippen molar-refractivity contribution in [1.29, 1.82) is 0 Å². The van der Waals surface area contributed by atoms with Crippen molar-refractivity contribution < 1.29 is 8.85 Å². The third-order valence-electron chi connectivity index (χ3n) is 1.90. The summed E-state index contributed by atoms with van der Waals surface area (Å²) < 4.78 is 10.8. The molecule has 0 aliphatic heterocycles. The van der Waals surface area contributed by atoms with E-state index in [1.165, 1.54) is 12.8 Å². The maximum Gasteiger partial charge on any atom is 0.304 e. The lowest BCUT2D eigenvalue weighted by molar-refractivity contribution is 0.264. The van der Waals surface area contributed by atoms with Crippen molar-refractivity contribution in [3.05, 3.63) is 0 Å². The van der Waals surface area contributed by atoms with Crippen LogP contribution in [-0.2, 0) is 8.85 Å². The van der Waals surface area contributed by atoms with Gasteiger partial charge in [-0.05, 0) is 18.2 Å². The predicted molar refractivity (Wildman–Crippen MR) is 57.6 cm³/mol. The van der Waals surface area contributed by atoms with E-state index in [0.29, 0.717) is 0 Å². The first kappa shape index (κ1) is 11.7. The van der Waals surface area contributed by atoms with Gasteiger partial charge in [-0.15, -0.1) is 0 Å². The first-order valence-electron chi connectivity index (χ1n) is 3.89. The van der Waals surface area contributed by atoms with Crippen molar-refractivity contribution >= 4 is 30.5 Å². The summed E-state index contributed by atoms with van der Waals surface area (Å²) in [6.45, 7) is 0. The van der Waals surface area contributed by atoms with E-state index in [1.807, 2.05) is 0 Å². The molecule has 0 saturated carbocycles. The lowest BCUT2D eigenvalue weighted by Gasteiger charge is -2.22. The number of rotatable bonds is 6. The molecular formula is C6H18O2SSi2. The average molecular weight is 210 g/mol. The zero-order valence-electron chi connectivity index (χ0n) is 7.59. The molecule has 0 rings (SSSR count). The molecule has 0 unspecified atom stereocenters. The average Bonchev–Trinajstić information content (AvgIpc) is 2.05. The van der Waals surface area contributed by atoms with Crippen molar-refractivity contribution in [2.24, 2.45) is 0 Å². The molecule has 0 heterocycles. The van der Waals surface area contributed by atoms with Gasteiger partial charge in [0.1, 0.15) is 0 Å². The summed E-state index contributed by atoms with van der Waals surface area (Å²) in [7, 11) is 2.96. The highest BCUT2D eigenvalue weighted by Crippen LogP contribution is 2.11. The highest BCUT2D eigenvalue weighted by molar-refractivity contribution is 7.80. The van der Waals surface area contributed by atoms with Crippen LogP contribution in [0.25, 0.3) is 0 Å². The Morgan fingerprint density at radius 2 is 1.82 bits per heavy atom. The van der Waals surface area contributed by atoms with Crippen LogP contribution in [-0.4, -0.2) is 37.8 Å². The van der Waals surface area contributed by atoms with E-state index in [2.05, 4.69) is 12.6 Å². The minimum absolute atomic E-state index is 0.972. The minimum atomic E-state index is -1.63. The Labute approximate surface area is 78.5 Å². The van der Waals surface area contributed by atoms with Gasteiger partial charge in [-0.3, -0.25) is 0 Å². The van der Waals surface area contributed by atoms with E-state index < -0.39 is 8.08 Å². The molecule has 2 nitrogen and oxygen atoms in total. The molecule has 0 saturated heterocycles. The summed E-state index contributed by atoms with van der Waals surface area (Å²) in [5.41, 5.74) is 0. The summed E-state index contributed by atoms with van der Waals surface area (Å²) in [4.78, 5) is 0. The summed E-state index contributed by atoms with van der Waals surface area (Å²) in [6.07, 6.45) is 2.37. The molecule has 0 radical (unpaired) electrons. The van der Waals surface area contributed by atoms with Crippen LogP contribution in [0.15, 0.2) is 0 Å². The molecule has 0 fully saturated rings. The second kappa shape index (κ2) is 6.25. The highest BCUT2D eigenvalue weighted by atomic mass is 32.1. The zero-order chi connectivity index (χ0) is 8.74. The molecular weight excluding hydrogens is 192 g/mol. The molecule has 0 aromatic carbocycles. The summed E-state index contributed by atoms with van der Waals surface area (Å²) in [5, 5.41) is 0. The van der Waals surface area contributed by atoms with Gasteiger partial charge in [0.2, 0.25) is 0 Å². The van der Waals surface area contributed by atoms with Crippen LogP contribution >= 0.6 is 12.6 Å². The molecule has 11 heavy (non-hydrogen) atoms. The lowest BCUT2D eigenvalue weighted by Crippen LogP contribution is -2.40. The summed E-state index contributed by atoms with van der Waals surface area (Å²) >= 11 is 4.15. The standard InChI is InChI=1S/C6H18O2SSi2/c1-7-11(10,8-2)6-4-3-5-9/h9H,3-6H2,1-2,10H3. The molecule has 0 amide bonds. The molecule has 0 aromatic heterocycles. The largest absolute Gasteiger partial charge is 0.401 e. The highest BCUT2D eigenvalue weighted by Gasteiger charge is 2.26. The third kappa shape index (κ3) is 5.02. The smallest absolute Gasteiger partial charge is 0.304 e. The second-order valence-electron chi connectivity index (χ2n) is 2.72. The summed E-state index contributed by atoms with van der Waals surface area (Å²) in [6, 6.07) is 1.13. The monoisotopic (exact) mass is 210 g/mol. The number of unbranched alkanes of at least 4 members (excludes halogenated alkanes) is 1. The van der Waals surface area contributed by atoms with Gasteiger partial charge in [0.05, 0.1) is 9.76 Å². The van der Waals surface area contributed by atoms with Crippen molar-refractivity contribution in [3.63, 3.8) is 0 Å². The van der Waals surface area contributed by atoms with Gasteiger partial charge < -0.3 is 8.85 Å². The van der Waals surface area contributed by atoms with Crippen LogP contribution in [0.4, 0.5) is 0 Å². The molecule has 0 aromatic rings. The number of thiol groups is 1. The Balaban J connectivity index is 3.51. The van der Waals surface area contributed by atoms with E-state index >= 15 is 0 Å². The molecule has 0 aliphatic rings. The molecule has 68 valence electrons. The molecule has 0 atom stereocenters. The quantitative estimate of drug-likeness (QED) is 0.386. The third-order valence-corrected chi connectivity index (χ3v) is 9.16. The molecule has 0 aliphatic carbocycles. The van der Waals surface area contributed by atoms with Crippen LogP contribution in [0.1, 0.15) is 12.8 Å². The van der Waals surface area contributed by atoms with Crippen molar-refractivity contribution in [2.75, 3.05) is 20.0 Å². The molecule has 0 spiro atoms. The van der Waals surface area contributed by atoms with E-state index in [-0.39, 0.29) is 0 Å². The van der Waals surface area contributed by atoms with Gasteiger partial charge in [-0.1, -0.05) is 6.42 Å². The first-order chi connectivity index (χ1) is 5.18. The van der Waals surface area contributed by atoms with Crippen LogP contribution in [0.3, 0.4) is 0 Å². The maximum atomic E-state index is 5.39. The van der Waals surface area contributed by atoms with Crippen LogP contribution in [0, 0.1) is 0 Å². The van der Waals surface area contributed by atoms with Crippen molar-refractivity contribution in [1.82, 2.24) is 0 Å². The Morgan fingerprint density at radius 3 is 2.18 bits per heavy atom. The number of hydrogen-bond donors (Lipinski definition) is 1. The van der Waals surface area contributed by atoms with Gasteiger partial charge in [0, 0.05) is 14.2 Å². The number of hydrogen-bond acceptors (Lipinski definition) is 3. The molecule has 0 N–H and O–H groups in total. The Morgan fingerprint density at radius 1 is 1.27 bits per heavy atom. The van der Waals surface area contributed by atoms with Crippen molar-refractivity contribution in [3.8, 4) is 0 Å². The predicted octanol–water partition coefficient (Wildman–Crippen LogP) is 0.293. The molecule has 5 heteroatoms. The second-order valence-corrected chi connectivity index (χ2v) is 11.3. The Kier molecular flexibility index (Phi) is 6.64. The Bertz CT molecular complexity index is 98.6. The van der Waals surface area contributed by atoms with E-state index in [0.717, 1.165) is 21.6 Å². The normalized spacial score (nSPS) is 12.3. The van der Waals surface area contributed by atoms with Crippen LogP contribution in [0.2, 0.25) is 6.04 Å². The van der Waals surface area contributed by atoms with Crippen LogP contribution in [0.5, 0.6) is 0 Å². The fourth-order valence-electron chi connectivity index (χ4n) is 0.845. The first-order valence-corrected chi connectivity index (χ1v) is 10.1. The van der Waals surface area contributed by atoms with Gasteiger partial charge in [-0.25, -0.2) is 0 Å². The fraction of sp³-hybridized carbons (Fsp3) is 1.00. The van der Waals surface area contributed by atoms with E-state index in [4.69, 9.17) is 8.85 Å². The van der Waals surface area contributed by atoms with Crippen LogP contribution < -0.4 is 0 Å². The molecule has 0 bridgehead atoms.